The lowest BCUT2D eigenvalue weighted by Crippen LogP contribution is -2.53. The summed E-state index contributed by atoms with van der Waals surface area (Å²) in [6, 6.07) is 0.110. The van der Waals surface area contributed by atoms with Crippen molar-refractivity contribution >= 4 is 12.1 Å². The second-order valence-electron chi connectivity index (χ2n) is 7.83. The maximum Gasteiger partial charge on any atom is 0.407 e. The maximum absolute atomic E-state index is 12.6. The van der Waals surface area contributed by atoms with E-state index < -0.39 is 11.7 Å². The molecule has 0 aromatic carbocycles. The topological polar surface area (TPSA) is 82.1 Å². The van der Waals surface area contributed by atoms with E-state index in [4.69, 9.17) is 4.74 Å². The predicted molar refractivity (Wildman–Crippen MR) is 90.7 cm³/mol. The van der Waals surface area contributed by atoms with Crippen LogP contribution in [0.4, 0.5) is 9.59 Å². The van der Waals surface area contributed by atoms with Crippen molar-refractivity contribution in [1.82, 2.24) is 15.1 Å². The largest absolute Gasteiger partial charge is 0.444 e. The van der Waals surface area contributed by atoms with Gasteiger partial charge >= 0.3 is 12.1 Å². The van der Waals surface area contributed by atoms with Crippen LogP contribution in [0.2, 0.25) is 0 Å². The van der Waals surface area contributed by atoms with Gasteiger partial charge in [0.05, 0.1) is 0 Å². The molecule has 7 heteroatoms. The summed E-state index contributed by atoms with van der Waals surface area (Å²) in [5, 5.41) is 12.2. The Kier molecular flexibility index (Phi) is 6.32. The van der Waals surface area contributed by atoms with Crippen LogP contribution in [0, 0.1) is 5.92 Å². The van der Waals surface area contributed by atoms with Gasteiger partial charge in [0.2, 0.25) is 0 Å². The molecule has 138 valence electrons. The zero-order valence-electron chi connectivity index (χ0n) is 15.1. The number of alkyl carbamates (subject to hydrolysis) is 1. The number of hydrogen-bond donors (Lipinski definition) is 2. The maximum atomic E-state index is 12.6. The Balaban J connectivity index is 1.76. The first-order valence-corrected chi connectivity index (χ1v) is 8.92. The molecule has 2 aliphatic rings. The number of hydrogen-bond acceptors (Lipinski definition) is 4. The molecule has 0 aromatic heterocycles. The number of carbonyl (C=O) groups is 2. The van der Waals surface area contributed by atoms with Crippen LogP contribution in [-0.4, -0.2) is 71.5 Å². The second-order valence-corrected chi connectivity index (χ2v) is 7.83. The Morgan fingerprint density at radius 1 is 1.12 bits per heavy atom. The second kappa shape index (κ2) is 8.05. The monoisotopic (exact) mass is 341 g/mol. The van der Waals surface area contributed by atoms with E-state index in [9.17, 15) is 14.7 Å². The number of aliphatic hydroxyl groups is 1. The van der Waals surface area contributed by atoms with E-state index in [0.717, 1.165) is 32.2 Å². The molecule has 0 aliphatic carbocycles. The standard InChI is InChI=1S/C17H31N3O4/c1-17(2,3)24-15(22)18-14-6-9-19(10-7-14)16(23)20-8-4-5-13(11-20)12-21/h13-14,21H,4-12H2,1-3H3,(H,18,22)/t13-/m1/s1. The highest BCUT2D eigenvalue weighted by Crippen LogP contribution is 2.19. The molecule has 0 unspecified atom stereocenters. The molecule has 2 aliphatic heterocycles. The number of amides is 3. The first-order valence-electron chi connectivity index (χ1n) is 8.92. The van der Waals surface area contributed by atoms with E-state index in [-0.39, 0.29) is 24.6 Å². The van der Waals surface area contributed by atoms with Gasteiger partial charge in [-0.25, -0.2) is 9.59 Å². The SMILES string of the molecule is CC(C)(C)OC(=O)NC1CCN(C(=O)N2CCC[C@@H](CO)C2)CC1. The number of urea groups is 1. The molecule has 2 fully saturated rings. The first kappa shape index (κ1) is 18.8. The van der Waals surface area contributed by atoms with E-state index in [1.807, 2.05) is 30.6 Å². The zero-order valence-corrected chi connectivity index (χ0v) is 15.1. The lowest BCUT2D eigenvalue weighted by Gasteiger charge is -2.39. The Morgan fingerprint density at radius 3 is 2.38 bits per heavy atom. The van der Waals surface area contributed by atoms with E-state index in [1.165, 1.54) is 0 Å². The third-order valence-electron chi connectivity index (χ3n) is 4.53. The molecule has 2 heterocycles. The van der Waals surface area contributed by atoms with Crippen molar-refractivity contribution in [3.63, 3.8) is 0 Å². The quantitative estimate of drug-likeness (QED) is 0.802. The fourth-order valence-electron chi connectivity index (χ4n) is 3.28. The first-order chi connectivity index (χ1) is 11.3. The van der Waals surface area contributed by atoms with Gasteiger partial charge in [0, 0.05) is 38.8 Å². The van der Waals surface area contributed by atoms with Gasteiger partial charge in [-0.3, -0.25) is 0 Å². The summed E-state index contributed by atoms with van der Waals surface area (Å²) in [4.78, 5) is 28.1. The van der Waals surface area contributed by atoms with Gasteiger partial charge in [-0.15, -0.1) is 0 Å². The number of nitrogens with zero attached hydrogens (tertiary/aromatic N) is 2. The van der Waals surface area contributed by atoms with Crippen LogP contribution < -0.4 is 5.32 Å². The lowest BCUT2D eigenvalue weighted by molar-refractivity contribution is 0.0479. The lowest BCUT2D eigenvalue weighted by atomic mass is 9.99. The fraction of sp³-hybridized carbons (Fsp3) is 0.882. The zero-order chi connectivity index (χ0) is 17.7. The Morgan fingerprint density at radius 2 is 1.79 bits per heavy atom. The fourth-order valence-corrected chi connectivity index (χ4v) is 3.28. The van der Waals surface area contributed by atoms with Gasteiger partial charge < -0.3 is 25.0 Å². The number of carbonyl (C=O) groups excluding carboxylic acids is 2. The third kappa shape index (κ3) is 5.54. The molecule has 0 saturated carbocycles. The summed E-state index contributed by atoms with van der Waals surface area (Å²) in [5.41, 5.74) is -0.502. The number of likely N-dealkylation sites (tertiary alicyclic amines) is 2. The molecule has 3 amide bonds. The molecular weight excluding hydrogens is 310 g/mol. The van der Waals surface area contributed by atoms with Gasteiger partial charge in [0.1, 0.15) is 5.60 Å². The minimum absolute atomic E-state index is 0.0513. The van der Waals surface area contributed by atoms with Gasteiger partial charge in [0.15, 0.2) is 0 Å². The minimum Gasteiger partial charge on any atom is -0.444 e. The Bertz CT molecular complexity index is 442. The molecule has 1 atom stereocenters. The van der Waals surface area contributed by atoms with Crippen molar-refractivity contribution in [3.05, 3.63) is 0 Å². The Labute approximate surface area is 144 Å². The van der Waals surface area contributed by atoms with Crippen LogP contribution in [0.5, 0.6) is 0 Å². The molecule has 2 saturated heterocycles. The van der Waals surface area contributed by atoms with Crippen molar-refractivity contribution in [2.45, 2.75) is 58.1 Å². The highest BCUT2D eigenvalue weighted by molar-refractivity contribution is 5.74. The molecule has 0 radical (unpaired) electrons. The van der Waals surface area contributed by atoms with Gasteiger partial charge in [0.25, 0.3) is 0 Å². The summed E-state index contributed by atoms with van der Waals surface area (Å²) in [5.74, 6) is 0.203. The van der Waals surface area contributed by atoms with Crippen LogP contribution in [0.15, 0.2) is 0 Å². The number of aliphatic hydroxyl groups excluding tert-OH is 1. The number of ether oxygens (including phenoxy) is 1. The van der Waals surface area contributed by atoms with Crippen LogP contribution in [0.1, 0.15) is 46.5 Å². The van der Waals surface area contributed by atoms with Crippen molar-refractivity contribution in [3.8, 4) is 0 Å². The Hall–Kier alpha value is -1.50. The number of rotatable bonds is 2. The average molecular weight is 341 g/mol. The summed E-state index contributed by atoms with van der Waals surface area (Å²) >= 11 is 0. The summed E-state index contributed by atoms with van der Waals surface area (Å²) in [6.45, 7) is 8.35. The molecule has 0 aromatic rings. The van der Waals surface area contributed by atoms with Crippen molar-refractivity contribution in [2.75, 3.05) is 32.8 Å². The summed E-state index contributed by atoms with van der Waals surface area (Å²) in [7, 11) is 0. The van der Waals surface area contributed by atoms with Crippen LogP contribution in [0.25, 0.3) is 0 Å². The minimum atomic E-state index is -0.502. The normalized spacial score (nSPS) is 23.1. The van der Waals surface area contributed by atoms with E-state index in [1.54, 1.807) is 0 Å². The molecular formula is C17H31N3O4. The highest BCUT2D eigenvalue weighted by Gasteiger charge is 2.30. The molecule has 0 bridgehead atoms. The van der Waals surface area contributed by atoms with Gasteiger partial charge in [-0.2, -0.15) is 0 Å². The molecule has 0 spiro atoms. The number of piperidine rings is 2. The summed E-state index contributed by atoms with van der Waals surface area (Å²) < 4.78 is 5.27. The molecule has 24 heavy (non-hydrogen) atoms. The van der Waals surface area contributed by atoms with Crippen molar-refractivity contribution in [2.24, 2.45) is 5.92 Å². The van der Waals surface area contributed by atoms with Crippen molar-refractivity contribution < 1.29 is 19.4 Å². The van der Waals surface area contributed by atoms with Crippen LogP contribution in [-0.2, 0) is 4.74 Å². The molecule has 7 nitrogen and oxygen atoms in total. The van der Waals surface area contributed by atoms with E-state index in [2.05, 4.69) is 5.32 Å². The van der Waals surface area contributed by atoms with E-state index >= 15 is 0 Å². The van der Waals surface area contributed by atoms with Gasteiger partial charge in [-0.05, 0) is 52.4 Å². The van der Waals surface area contributed by atoms with Crippen LogP contribution in [0.3, 0.4) is 0 Å². The highest BCUT2D eigenvalue weighted by atomic mass is 16.6. The third-order valence-corrected chi connectivity index (χ3v) is 4.53. The predicted octanol–water partition coefficient (Wildman–Crippen LogP) is 1.80. The van der Waals surface area contributed by atoms with Crippen molar-refractivity contribution in [1.29, 1.82) is 0 Å². The molecule has 2 N–H and O–H groups in total. The van der Waals surface area contributed by atoms with E-state index in [0.29, 0.717) is 19.6 Å². The van der Waals surface area contributed by atoms with Crippen LogP contribution >= 0.6 is 0 Å². The smallest absolute Gasteiger partial charge is 0.407 e. The summed E-state index contributed by atoms with van der Waals surface area (Å²) in [6.07, 6.45) is 3.02. The average Bonchev–Trinajstić information content (AvgIpc) is 2.53. The van der Waals surface area contributed by atoms with Gasteiger partial charge in [-0.1, -0.05) is 0 Å². The molecule has 2 rings (SSSR count). The number of nitrogens with one attached hydrogen (secondary N) is 1.